The van der Waals surface area contributed by atoms with E-state index in [9.17, 15) is 23.6 Å². The first-order valence-electron chi connectivity index (χ1n) is 11.6. The molecule has 1 aliphatic heterocycles. The molecule has 3 amide bonds. The Kier molecular flexibility index (Phi) is 5.67. The predicted octanol–water partition coefficient (Wildman–Crippen LogP) is 3.72. The second-order valence-electron chi connectivity index (χ2n) is 9.45. The van der Waals surface area contributed by atoms with Crippen molar-refractivity contribution in [2.45, 2.75) is 38.6 Å². The molecule has 8 heteroatoms. The number of nitrogens with zero attached hydrogens (tertiary/aromatic N) is 1. The number of carbonyl (C=O) groups excluding carboxylic acids is 4. The molecule has 4 unspecified atom stereocenters. The number of esters is 1. The van der Waals surface area contributed by atoms with Crippen molar-refractivity contribution in [1.82, 2.24) is 5.32 Å². The molecule has 2 aromatic rings. The first kappa shape index (κ1) is 22.3. The van der Waals surface area contributed by atoms with Crippen LogP contribution >= 0.6 is 0 Å². The molecule has 5 rings (SSSR count). The van der Waals surface area contributed by atoms with Gasteiger partial charge in [0.2, 0.25) is 0 Å². The summed E-state index contributed by atoms with van der Waals surface area (Å²) in [5.74, 6) is -0.852. The third kappa shape index (κ3) is 3.97. The summed E-state index contributed by atoms with van der Waals surface area (Å²) in [6.45, 7) is 1.58. The maximum absolute atomic E-state index is 13.2. The molecule has 2 saturated carbocycles. The summed E-state index contributed by atoms with van der Waals surface area (Å²) in [6, 6.07) is 9.07. The third-order valence-corrected chi connectivity index (χ3v) is 7.37. The van der Waals surface area contributed by atoms with Crippen LogP contribution in [0.15, 0.2) is 42.5 Å². The fraction of sp³-hybridized carbons (Fsp3) is 0.385. The summed E-state index contributed by atoms with van der Waals surface area (Å²) in [4.78, 5) is 51.3. The Morgan fingerprint density at radius 1 is 1.06 bits per heavy atom. The molecule has 34 heavy (non-hydrogen) atoms. The standard InChI is InChI=1S/C26H25FN2O5/c1-14(21-11-15-2-3-16(21)10-15)28-23(30)13-34-26(33)17-4-9-20-22(12-17)25(32)29(24(20)31)19-7-5-18(27)6-8-19/h4-9,12,14-16,21H,2-3,10-11,13H2,1H3,(H,28,30). The number of anilines is 1. The van der Waals surface area contributed by atoms with Crippen molar-refractivity contribution in [1.29, 1.82) is 0 Å². The maximum Gasteiger partial charge on any atom is 0.338 e. The topological polar surface area (TPSA) is 92.8 Å². The van der Waals surface area contributed by atoms with Gasteiger partial charge in [0.1, 0.15) is 5.82 Å². The lowest BCUT2D eigenvalue weighted by Crippen LogP contribution is -2.42. The van der Waals surface area contributed by atoms with Crippen molar-refractivity contribution >= 4 is 29.4 Å². The van der Waals surface area contributed by atoms with Gasteiger partial charge in [-0.3, -0.25) is 14.4 Å². The molecule has 0 saturated heterocycles. The van der Waals surface area contributed by atoms with Crippen LogP contribution in [-0.4, -0.2) is 36.3 Å². The average molecular weight is 464 g/mol. The number of amides is 3. The van der Waals surface area contributed by atoms with Gasteiger partial charge in [-0.1, -0.05) is 6.42 Å². The number of nitrogens with one attached hydrogen (secondary N) is 1. The second-order valence-corrected chi connectivity index (χ2v) is 9.45. The van der Waals surface area contributed by atoms with Gasteiger partial charge < -0.3 is 10.1 Å². The number of hydrogen-bond acceptors (Lipinski definition) is 5. The van der Waals surface area contributed by atoms with Crippen molar-refractivity contribution in [3.63, 3.8) is 0 Å². The van der Waals surface area contributed by atoms with Crippen LogP contribution in [0.2, 0.25) is 0 Å². The minimum absolute atomic E-state index is 0.0302. The normalized spacial score (nSPS) is 23.7. The zero-order valence-corrected chi connectivity index (χ0v) is 18.8. The minimum Gasteiger partial charge on any atom is -0.452 e. The molecular weight excluding hydrogens is 439 g/mol. The summed E-state index contributed by atoms with van der Waals surface area (Å²) < 4.78 is 18.4. The van der Waals surface area contributed by atoms with Gasteiger partial charge in [0.15, 0.2) is 6.61 Å². The fourth-order valence-corrected chi connectivity index (χ4v) is 5.72. The molecular formula is C26H25FN2O5. The van der Waals surface area contributed by atoms with Crippen LogP contribution < -0.4 is 10.2 Å². The van der Waals surface area contributed by atoms with Gasteiger partial charge in [0.25, 0.3) is 17.7 Å². The highest BCUT2D eigenvalue weighted by Crippen LogP contribution is 2.49. The number of rotatable bonds is 6. The predicted molar refractivity (Wildman–Crippen MR) is 121 cm³/mol. The van der Waals surface area contributed by atoms with Crippen molar-refractivity contribution < 1.29 is 28.3 Å². The van der Waals surface area contributed by atoms with E-state index < -0.39 is 30.2 Å². The monoisotopic (exact) mass is 464 g/mol. The Bertz CT molecular complexity index is 1180. The van der Waals surface area contributed by atoms with E-state index in [1.54, 1.807) is 0 Å². The second kappa shape index (κ2) is 8.66. The number of ether oxygens (including phenoxy) is 1. The molecule has 0 aromatic heterocycles. The zero-order chi connectivity index (χ0) is 24.0. The van der Waals surface area contributed by atoms with E-state index in [0.717, 1.165) is 29.4 Å². The molecule has 1 N–H and O–H groups in total. The number of benzene rings is 2. The zero-order valence-electron chi connectivity index (χ0n) is 18.8. The summed E-state index contributed by atoms with van der Waals surface area (Å²) >= 11 is 0. The van der Waals surface area contributed by atoms with Gasteiger partial charge in [-0.05, 0) is 86.4 Å². The summed E-state index contributed by atoms with van der Waals surface area (Å²) in [5, 5.41) is 2.95. The van der Waals surface area contributed by atoms with Gasteiger partial charge in [-0.15, -0.1) is 0 Å². The number of fused-ring (bicyclic) bond motifs is 3. The third-order valence-electron chi connectivity index (χ3n) is 7.37. The Morgan fingerprint density at radius 2 is 1.79 bits per heavy atom. The van der Waals surface area contributed by atoms with Gasteiger partial charge in [0.05, 0.1) is 22.4 Å². The van der Waals surface area contributed by atoms with Crippen LogP contribution in [0.3, 0.4) is 0 Å². The Labute approximate surface area is 196 Å². The summed E-state index contributed by atoms with van der Waals surface area (Å²) in [6.07, 6.45) is 4.90. The lowest BCUT2D eigenvalue weighted by molar-refractivity contribution is -0.125. The SMILES string of the molecule is CC(NC(=O)COC(=O)c1ccc2c(c1)C(=O)N(c1ccc(F)cc1)C2=O)C1CC2CCC1C2. The average Bonchev–Trinajstić information content (AvgIpc) is 3.53. The van der Waals surface area contributed by atoms with E-state index in [0.29, 0.717) is 11.8 Å². The maximum atomic E-state index is 13.2. The number of hydrogen-bond donors (Lipinski definition) is 1. The molecule has 2 aromatic carbocycles. The minimum atomic E-state index is -0.758. The molecule has 7 nitrogen and oxygen atoms in total. The van der Waals surface area contributed by atoms with Crippen LogP contribution in [0.5, 0.6) is 0 Å². The molecule has 2 bridgehead atoms. The van der Waals surface area contributed by atoms with E-state index in [-0.39, 0.29) is 34.3 Å². The van der Waals surface area contributed by atoms with Crippen LogP contribution in [0.4, 0.5) is 10.1 Å². The van der Waals surface area contributed by atoms with Crippen molar-refractivity contribution in [3.8, 4) is 0 Å². The molecule has 0 spiro atoms. The molecule has 176 valence electrons. The van der Waals surface area contributed by atoms with Crippen LogP contribution in [0.25, 0.3) is 0 Å². The highest BCUT2D eigenvalue weighted by molar-refractivity contribution is 6.34. The quantitative estimate of drug-likeness (QED) is 0.520. The number of halogens is 1. The van der Waals surface area contributed by atoms with Gasteiger partial charge in [-0.2, -0.15) is 0 Å². The molecule has 3 aliphatic rings. The largest absolute Gasteiger partial charge is 0.452 e. The summed E-state index contributed by atoms with van der Waals surface area (Å²) in [5.41, 5.74) is 0.495. The van der Waals surface area contributed by atoms with Gasteiger partial charge >= 0.3 is 5.97 Å². The van der Waals surface area contributed by atoms with E-state index >= 15 is 0 Å². The highest BCUT2D eigenvalue weighted by Gasteiger charge is 2.42. The summed E-state index contributed by atoms with van der Waals surface area (Å²) in [7, 11) is 0. The van der Waals surface area contributed by atoms with Crippen LogP contribution in [0, 0.1) is 23.6 Å². The molecule has 2 fully saturated rings. The molecule has 0 radical (unpaired) electrons. The molecule has 1 heterocycles. The Morgan fingerprint density at radius 3 is 2.47 bits per heavy atom. The fourth-order valence-electron chi connectivity index (χ4n) is 5.72. The highest BCUT2D eigenvalue weighted by atomic mass is 19.1. The molecule has 4 atom stereocenters. The van der Waals surface area contributed by atoms with Crippen LogP contribution in [-0.2, 0) is 9.53 Å². The van der Waals surface area contributed by atoms with E-state index in [1.165, 1.54) is 49.6 Å². The smallest absolute Gasteiger partial charge is 0.338 e. The van der Waals surface area contributed by atoms with Crippen molar-refractivity contribution in [2.75, 3.05) is 11.5 Å². The molecule has 2 aliphatic carbocycles. The Balaban J connectivity index is 1.21. The first-order valence-corrected chi connectivity index (χ1v) is 11.6. The van der Waals surface area contributed by atoms with Crippen LogP contribution in [0.1, 0.15) is 63.7 Å². The Hall–Kier alpha value is -3.55. The van der Waals surface area contributed by atoms with E-state index in [4.69, 9.17) is 4.74 Å². The van der Waals surface area contributed by atoms with E-state index in [2.05, 4.69) is 5.32 Å². The lowest BCUT2D eigenvalue weighted by Gasteiger charge is -2.28. The van der Waals surface area contributed by atoms with E-state index in [1.807, 2.05) is 6.92 Å². The van der Waals surface area contributed by atoms with Gasteiger partial charge in [-0.25, -0.2) is 14.1 Å². The lowest BCUT2D eigenvalue weighted by atomic mass is 9.84. The first-order chi connectivity index (χ1) is 16.3. The number of imide groups is 1. The number of carbonyl (C=O) groups is 4. The van der Waals surface area contributed by atoms with Gasteiger partial charge in [0, 0.05) is 6.04 Å². The van der Waals surface area contributed by atoms with Crippen molar-refractivity contribution in [3.05, 3.63) is 65.0 Å². The van der Waals surface area contributed by atoms with Crippen molar-refractivity contribution in [2.24, 2.45) is 17.8 Å².